The highest BCUT2D eigenvalue weighted by atomic mass is 19.1. The third kappa shape index (κ3) is 5.94. The first-order valence-corrected chi connectivity index (χ1v) is 6.38. The van der Waals surface area contributed by atoms with Gasteiger partial charge in [0.25, 0.3) is 0 Å². The number of alkyl carbamates (subject to hydrolysis) is 1. The molecule has 1 aromatic rings. The predicted octanol–water partition coefficient (Wildman–Crippen LogP) is 2.32. The molecule has 1 aromatic carbocycles. The normalized spacial score (nSPS) is 12.4. The third-order valence-electron chi connectivity index (χ3n) is 2.29. The summed E-state index contributed by atoms with van der Waals surface area (Å²) in [4.78, 5) is 22.6. The highest BCUT2D eigenvalue weighted by Gasteiger charge is 2.25. The molecular weight excluding hydrogens is 300 g/mol. The molecule has 122 valence electrons. The van der Waals surface area contributed by atoms with Crippen molar-refractivity contribution in [1.82, 2.24) is 5.32 Å². The van der Waals surface area contributed by atoms with Crippen LogP contribution < -0.4 is 10.1 Å². The minimum absolute atomic E-state index is 0.321. The fourth-order valence-corrected chi connectivity index (χ4v) is 1.39. The summed E-state index contributed by atoms with van der Waals surface area (Å²) in [5, 5.41) is 11.1. The van der Waals surface area contributed by atoms with E-state index in [9.17, 15) is 18.4 Å². The van der Waals surface area contributed by atoms with E-state index in [-0.39, 0.29) is 5.75 Å². The average molecular weight is 317 g/mol. The Balaban J connectivity index is 2.65. The number of ether oxygens (including phenoxy) is 2. The van der Waals surface area contributed by atoms with Crippen LogP contribution in [0.2, 0.25) is 0 Å². The van der Waals surface area contributed by atoms with Gasteiger partial charge in [0.05, 0.1) is 0 Å². The Morgan fingerprint density at radius 2 is 1.95 bits per heavy atom. The number of carbonyl (C=O) groups is 2. The van der Waals surface area contributed by atoms with E-state index in [1.807, 2.05) is 0 Å². The Hall–Kier alpha value is -2.38. The molecular formula is C14H17F2NO5. The number of amides is 1. The number of hydrogen-bond donors (Lipinski definition) is 2. The number of halogens is 2. The van der Waals surface area contributed by atoms with Crippen LogP contribution in [0.5, 0.6) is 5.75 Å². The summed E-state index contributed by atoms with van der Waals surface area (Å²) in [5.41, 5.74) is -0.795. The Kier molecular flexibility index (Phi) is 5.67. The van der Waals surface area contributed by atoms with E-state index >= 15 is 0 Å². The number of benzene rings is 1. The molecule has 0 saturated heterocycles. The second kappa shape index (κ2) is 7.06. The lowest BCUT2D eigenvalue weighted by atomic mass is 10.2. The van der Waals surface area contributed by atoms with Crippen molar-refractivity contribution < 1.29 is 33.0 Å². The molecule has 8 heteroatoms. The molecule has 0 spiro atoms. The number of rotatable bonds is 5. The maximum atomic E-state index is 13.4. The lowest BCUT2D eigenvalue weighted by Gasteiger charge is -2.22. The van der Waals surface area contributed by atoms with Crippen LogP contribution in [0.25, 0.3) is 0 Å². The highest BCUT2D eigenvalue weighted by molar-refractivity contribution is 5.80. The van der Waals surface area contributed by atoms with E-state index in [0.29, 0.717) is 6.07 Å². The van der Waals surface area contributed by atoms with Gasteiger partial charge < -0.3 is 19.9 Å². The molecule has 22 heavy (non-hydrogen) atoms. The number of carbonyl (C=O) groups excluding carboxylic acids is 1. The Morgan fingerprint density at radius 3 is 2.45 bits per heavy atom. The smallest absolute Gasteiger partial charge is 0.408 e. The Bertz CT molecular complexity index is 557. The molecule has 0 heterocycles. The van der Waals surface area contributed by atoms with Crippen molar-refractivity contribution in [2.75, 3.05) is 6.61 Å². The van der Waals surface area contributed by atoms with Crippen LogP contribution >= 0.6 is 0 Å². The molecule has 0 fully saturated rings. The number of carboxylic acid groups (broad SMARTS) is 1. The van der Waals surface area contributed by atoms with Crippen molar-refractivity contribution in [2.45, 2.75) is 32.4 Å². The lowest BCUT2D eigenvalue weighted by Crippen LogP contribution is -2.46. The third-order valence-corrected chi connectivity index (χ3v) is 2.29. The summed E-state index contributed by atoms with van der Waals surface area (Å²) in [7, 11) is 0. The Morgan fingerprint density at radius 1 is 1.32 bits per heavy atom. The molecule has 0 aliphatic heterocycles. The summed E-state index contributed by atoms with van der Waals surface area (Å²) in [6.07, 6.45) is -0.942. The van der Waals surface area contributed by atoms with Crippen molar-refractivity contribution in [3.8, 4) is 5.75 Å². The van der Waals surface area contributed by atoms with Gasteiger partial charge in [0.15, 0.2) is 17.6 Å². The monoisotopic (exact) mass is 317 g/mol. The zero-order chi connectivity index (χ0) is 16.9. The van der Waals surface area contributed by atoms with Crippen molar-refractivity contribution in [1.29, 1.82) is 0 Å². The van der Waals surface area contributed by atoms with Gasteiger partial charge in [-0.05, 0) is 32.9 Å². The molecule has 1 atom stereocenters. The quantitative estimate of drug-likeness (QED) is 0.870. The molecule has 1 rings (SSSR count). The average Bonchev–Trinajstić information content (AvgIpc) is 2.33. The standard InChI is InChI=1S/C14H17F2NO5/c1-14(2,3)22-13(20)17-10(12(18)19)7-21-11-5-4-8(15)6-9(11)16/h4-6,10H,7H2,1-3H3,(H,17,20)(H,18,19). The first kappa shape index (κ1) is 17.7. The molecule has 6 nitrogen and oxygen atoms in total. The predicted molar refractivity (Wildman–Crippen MR) is 72.6 cm³/mol. The van der Waals surface area contributed by atoms with E-state index in [0.717, 1.165) is 12.1 Å². The van der Waals surface area contributed by atoms with E-state index < -0.39 is 41.9 Å². The van der Waals surface area contributed by atoms with Gasteiger partial charge in [-0.2, -0.15) is 0 Å². The van der Waals surface area contributed by atoms with Gasteiger partial charge >= 0.3 is 12.1 Å². The van der Waals surface area contributed by atoms with Crippen LogP contribution in [-0.4, -0.2) is 35.4 Å². The first-order valence-electron chi connectivity index (χ1n) is 6.38. The molecule has 0 radical (unpaired) electrons. The zero-order valence-corrected chi connectivity index (χ0v) is 12.4. The van der Waals surface area contributed by atoms with Gasteiger partial charge in [-0.1, -0.05) is 0 Å². The summed E-state index contributed by atoms with van der Waals surface area (Å²) >= 11 is 0. The highest BCUT2D eigenvalue weighted by Crippen LogP contribution is 2.17. The van der Waals surface area contributed by atoms with Crippen molar-refractivity contribution in [3.05, 3.63) is 29.8 Å². The minimum Gasteiger partial charge on any atom is -0.488 e. The minimum atomic E-state index is -1.45. The van der Waals surface area contributed by atoms with Crippen LogP contribution in [0, 0.1) is 11.6 Å². The molecule has 1 amide bonds. The van der Waals surface area contributed by atoms with Gasteiger partial charge in [-0.3, -0.25) is 0 Å². The van der Waals surface area contributed by atoms with Crippen LogP contribution in [0.4, 0.5) is 13.6 Å². The molecule has 0 aliphatic carbocycles. The Labute approximate surface area is 126 Å². The van der Waals surface area contributed by atoms with Crippen molar-refractivity contribution >= 4 is 12.1 Å². The summed E-state index contributed by atoms with van der Waals surface area (Å²) in [6, 6.07) is 1.15. The molecule has 0 saturated carbocycles. The van der Waals surface area contributed by atoms with Crippen LogP contribution in [-0.2, 0) is 9.53 Å². The maximum Gasteiger partial charge on any atom is 0.408 e. The summed E-state index contributed by atoms with van der Waals surface area (Å²) < 4.78 is 36.0. The van der Waals surface area contributed by atoms with E-state index in [2.05, 4.69) is 5.32 Å². The molecule has 0 bridgehead atoms. The van der Waals surface area contributed by atoms with Gasteiger partial charge in [-0.15, -0.1) is 0 Å². The van der Waals surface area contributed by atoms with Crippen LogP contribution in [0.1, 0.15) is 20.8 Å². The van der Waals surface area contributed by atoms with Gasteiger partial charge in [0, 0.05) is 6.07 Å². The molecule has 0 aromatic heterocycles. The fraction of sp³-hybridized carbons (Fsp3) is 0.429. The molecule has 1 unspecified atom stereocenters. The SMILES string of the molecule is CC(C)(C)OC(=O)NC(COc1ccc(F)cc1F)C(=O)O. The van der Waals surface area contributed by atoms with Gasteiger partial charge in [-0.25, -0.2) is 18.4 Å². The van der Waals surface area contributed by atoms with Gasteiger partial charge in [0.1, 0.15) is 18.0 Å². The maximum absolute atomic E-state index is 13.4. The molecule has 0 aliphatic rings. The number of hydrogen-bond acceptors (Lipinski definition) is 4. The number of carboxylic acids is 1. The van der Waals surface area contributed by atoms with Crippen molar-refractivity contribution in [3.63, 3.8) is 0 Å². The number of nitrogens with one attached hydrogen (secondary N) is 1. The second-order valence-electron chi connectivity index (χ2n) is 5.42. The van der Waals surface area contributed by atoms with E-state index in [4.69, 9.17) is 14.6 Å². The van der Waals surface area contributed by atoms with Crippen LogP contribution in [0.3, 0.4) is 0 Å². The van der Waals surface area contributed by atoms with Crippen molar-refractivity contribution in [2.24, 2.45) is 0 Å². The lowest BCUT2D eigenvalue weighted by molar-refractivity contribution is -0.140. The van der Waals surface area contributed by atoms with E-state index in [1.165, 1.54) is 0 Å². The summed E-state index contributed by atoms with van der Waals surface area (Å²) in [5.74, 6) is -3.46. The van der Waals surface area contributed by atoms with E-state index in [1.54, 1.807) is 20.8 Å². The fourth-order valence-electron chi connectivity index (χ4n) is 1.39. The zero-order valence-electron chi connectivity index (χ0n) is 12.4. The largest absolute Gasteiger partial charge is 0.488 e. The number of aliphatic carboxylic acids is 1. The van der Waals surface area contributed by atoms with Crippen LogP contribution in [0.15, 0.2) is 18.2 Å². The van der Waals surface area contributed by atoms with Gasteiger partial charge in [0.2, 0.25) is 0 Å². The second-order valence-corrected chi connectivity index (χ2v) is 5.42. The summed E-state index contributed by atoms with van der Waals surface area (Å²) in [6.45, 7) is 4.31. The molecule has 2 N–H and O–H groups in total. The first-order chi connectivity index (χ1) is 10.1. The topological polar surface area (TPSA) is 84.9 Å².